The molecule has 0 bridgehead atoms. The van der Waals surface area contributed by atoms with Crippen molar-refractivity contribution < 1.29 is 4.42 Å². The SMILES string of the molecule is Cc1cc2c(cc1N1c3cc4c(cc3B3c5c(cc6c(sc7ccccc76)c51)-c1cc5c(cc1N3c1ccc3c(c1)C(C)(C)CCC3(C)C)C(C)(C)CCC5(C)C)oc1ccccc14)C(C)(C)CCC2(C)C. The highest BCUT2D eigenvalue weighted by molar-refractivity contribution is 7.26. The summed E-state index contributed by atoms with van der Waals surface area (Å²) >= 11 is 1.98. The highest BCUT2D eigenvalue weighted by Gasteiger charge is 2.50. The zero-order chi connectivity index (χ0) is 50.0. The number of fused-ring (bicyclic) bond motifs is 14. The quantitative estimate of drug-likeness (QED) is 0.161. The molecule has 3 nitrogen and oxygen atoms in total. The van der Waals surface area contributed by atoms with Gasteiger partial charge in [0, 0.05) is 54.6 Å². The molecular formula is C67H69BN2OS. The second-order valence-electron chi connectivity index (χ2n) is 26.9. The maximum absolute atomic E-state index is 6.97. The van der Waals surface area contributed by atoms with E-state index in [1.807, 2.05) is 11.3 Å². The van der Waals surface area contributed by atoms with Gasteiger partial charge in [0.25, 0.3) is 0 Å². The van der Waals surface area contributed by atoms with Crippen LogP contribution in [0.3, 0.4) is 0 Å². The summed E-state index contributed by atoms with van der Waals surface area (Å²) in [6.45, 7) is 32.0. The third kappa shape index (κ3) is 6.04. The molecule has 5 aliphatic rings. The van der Waals surface area contributed by atoms with Crippen LogP contribution in [0.25, 0.3) is 53.2 Å². The first-order chi connectivity index (χ1) is 34.0. The minimum atomic E-state index is -0.148. The third-order valence-corrected chi connectivity index (χ3v) is 20.7. The molecule has 2 aliphatic heterocycles. The Kier molecular flexibility index (Phi) is 8.91. The molecule has 5 heteroatoms. The normalized spacial score (nSPS) is 20.3. The van der Waals surface area contributed by atoms with E-state index in [1.165, 1.54) is 135 Å². The van der Waals surface area contributed by atoms with Gasteiger partial charge in [-0.05, 0) is 194 Å². The number of nitrogens with zero attached hydrogens (tertiary/aromatic N) is 2. The number of benzene rings is 7. The van der Waals surface area contributed by atoms with Crippen molar-refractivity contribution in [1.29, 1.82) is 0 Å². The van der Waals surface area contributed by atoms with Gasteiger partial charge in [-0.2, -0.15) is 0 Å². The average Bonchev–Trinajstić information content (AvgIpc) is 3.90. The Morgan fingerprint density at radius 3 is 1.68 bits per heavy atom. The van der Waals surface area contributed by atoms with Gasteiger partial charge in [-0.1, -0.05) is 132 Å². The van der Waals surface area contributed by atoms with E-state index in [0.717, 1.165) is 34.8 Å². The predicted molar refractivity (Wildman–Crippen MR) is 311 cm³/mol. The van der Waals surface area contributed by atoms with E-state index in [1.54, 1.807) is 0 Å². The highest BCUT2D eigenvalue weighted by Crippen LogP contribution is 2.58. The van der Waals surface area contributed by atoms with E-state index in [-0.39, 0.29) is 39.3 Å². The molecule has 0 N–H and O–H groups in total. The summed E-state index contributed by atoms with van der Waals surface area (Å²) in [5.41, 5.74) is 24.3. The third-order valence-electron chi connectivity index (χ3n) is 19.5. The molecule has 0 saturated carbocycles. The van der Waals surface area contributed by atoms with Gasteiger partial charge in [0.2, 0.25) is 0 Å². The van der Waals surface area contributed by atoms with Crippen molar-refractivity contribution in [2.45, 2.75) is 161 Å². The van der Waals surface area contributed by atoms with Crippen molar-refractivity contribution in [3.8, 4) is 11.1 Å². The molecule has 4 heterocycles. The van der Waals surface area contributed by atoms with Gasteiger partial charge in [0.05, 0.1) is 10.4 Å². The van der Waals surface area contributed by atoms with Crippen LogP contribution in [0.5, 0.6) is 0 Å². The Balaban J connectivity index is 1.18. The Morgan fingerprint density at radius 1 is 0.458 bits per heavy atom. The molecule has 0 saturated heterocycles. The van der Waals surface area contributed by atoms with Gasteiger partial charge in [0.15, 0.2) is 0 Å². The van der Waals surface area contributed by atoms with Crippen LogP contribution in [-0.2, 0) is 32.5 Å². The van der Waals surface area contributed by atoms with Gasteiger partial charge in [0.1, 0.15) is 11.2 Å². The zero-order valence-electron chi connectivity index (χ0n) is 44.9. The Morgan fingerprint density at radius 2 is 1.01 bits per heavy atom. The summed E-state index contributed by atoms with van der Waals surface area (Å²) in [6.07, 6.45) is 7.03. The molecule has 72 heavy (non-hydrogen) atoms. The maximum atomic E-state index is 6.97. The smallest absolute Gasteiger partial charge is 0.333 e. The van der Waals surface area contributed by atoms with Gasteiger partial charge < -0.3 is 14.1 Å². The fourth-order valence-electron chi connectivity index (χ4n) is 14.7. The maximum Gasteiger partial charge on any atom is 0.333 e. The summed E-state index contributed by atoms with van der Waals surface area (Å²) in [5, 5.41) is 5.01. The molecule has 3 aliphatic carbocycles. The van der Waals surface area contributed by atoms with Gasteiger partial charge in [-0.15, -0.1) is 11.3 Å². The predicted octanol–water partition coefficient (Wildman–Crippen LogP) is 18.0. The highest BCUT2D eigenvalue weighted by atomic mass is 32.1. The second kappa shape index (κ2) is 14.3. The number of thiophene rings is 1. The molecule has 2 aromatic heterocycles. The first-order valence-corrected chi connectivity index (χ1v) is 27.9. The summed E-state index contributed by atoms with van der Waals surface area (Å²) in [5.74, 6) is 0. The lowest BCUT2D eigenvalue weighted by Gasteiger charge is -2.49. The van der Waals surface area contributed by atoms with E-state index in [0.29, 0.717) is 0 Å². The van der Waals surface area contributed by atoms with Crippen molar-refractivity contribution in [2.75, 3.05) is 9.71 Å². The number of hydrogen-bond acceptors (Lipinski definition) is 4. The fraction of sp³-hybridized carbons (Fsp3) is 0.373. The minimum Gasteiger partial charge on any atom is -0.456 e. The molecule has 9 aromatic rings. The number of rotatable bonds is 2. The zero-order valence-corrected chi connectivity index (χ0v) is 45.7. The van der Waals surface area contributed by atoms with E-state index >= 15 is 0 Å². The summed E-state index contributed by atoms with van der Waals surface area (Å²) < 4.78 is 9.66. The van der Waals surface area contributed by atoms with E-state index < -0.39 is 0 Å². The summed E-state index contributed by atoms with van der Waals surface area (Å²) in [7, 11) is 0. The Bertz CT molecular complexity index is 3870. The molecule has 7 aromatic carbocycles. The summed E-state index contributed by atoms with van der Waals surface area (Å²) in [4.78, 5) is 5.57. The fourth-order valence-corrected chi connectivity index (χ4v) is 15.9. The number of para-hydroxylation sites is 1. The van der Waals surface area contributed by atoms with Crippen LogP contribution in [0, 0.1) is 6.92 Å². The second-order valence-corrected chi connectivity index (χ2v) is 28.0. The Labute approximate surface area is 431 Å². The van der Waals surface area contributed by atoms with Crippen LogP contribution in [-0.4, -0.2) is 6.85 Å². The van der Waals surface area contributed by atoms with Crippen LogP contribution in [0.2, 0.25) is 0 Å². The molecule has 0 radical (unpaired) electrons. The minimum absolute atomic E-state index is 0.0282. The molecule has 0 atom stereocenters. The largest absolute Gasteiger partial charge is 0.456 e. The van der Waals surface area contributed by atoms with Crippen molar-refractivity contribution >= 4 is 99.7 Å². The van der Waals surface area contributed by atoms with Crippen LogP contribution in [0.15, 0.2) is 114 Å². The first kappa shape index (κ1) is 44.9. The van der Waals surface area contributed by atoms with E-state index in [2.05, 4.69) is 209 Å². The average molecular weight is 961 g/mol. The van der Waals surface area contributed by atoms with Crippen LogP contribution in [0.4, 0.5) is 28.4 Å². The van der Waals surface area contributed by atoms with Crippen molar-refractivity contribution in [3.05, 3.63) is 148 Å². The van der Waals surface area contributed by atoms with Crippen LogP contribution in [0.1, 0.15) is 161 Å². The van der Waals surface area contributed by atoms with Crippen molar-refractivity contribution in [2.24, 2.45) is 0 Å². The topological polar surface area (TPSA) is 19.6 Å². The van der Waals surface area contributed by atoms with Crippen molar-refractivity contribution in [1.82, 2.24) is 0 Å². The first-order valence-electron chi connectivity index (χ1n) is 27.1. The molecule has 14 rings (SSSR count). The molecular weight excluding hydrogens is 892 g/mol. The molecule has 0 amide bonds. The van der Waals surface area contributed by atoms with Gasteiger partial charge >= 0.3 is 6.85 Å². The number of furan rings is 1. The van der Waals surface area contributed by atoms with Gasteiger partial charge in [-0.3, -0.25) is 0 Å². The number of hydrogen-bond donors (Lipinski definition) is 0. The van der Waals surface area contributed by atoms with E-state index in [4.69, 9.17) is 4.42 Å². The molecule has 362 valence electrons. The van der Waals surface area contributed by atoms with Crippen LogP contribution >= 0.6 is 11.3 Å². The van der Waals surface area contributed by atoms with E-state index in [9.17, 15) is 0 Å². The van der Waals surface area contributed by atoms with Crippen molar-refractivity contribution in [3.63, 3.8) is 0 Å². The summed E-state index contributed by atoms with van der Waals surface area (Å²) in [6, 6.07) is 43.6. The molecule has 0 spiro atoms. The number of aryl methyl sites for hydroxylation is 1. The molecule has 0 fully saturated rings. The van der Waals surface area contributed by atoms with Crippen LogP contribution < -0.4 is 20.6 Å². The standard InChI is InChI=1S/C67H69BN2OS/c1-38-30-47-50(66(10,11)28-26-63(47,4)5)35-53(38)69-55-34-43-40-18-14-16-20-56(40)71-57(43)37-52(55)68-59-44(32-45-41-19-15-17-21-58(41)72-61(45)60(59)69)42-33-49-51(67(12,13)29-27-65(49,8)9)36-54(42)70(68)39-22-23-46-48(31-39)64(6,7)25-24-62(46,2)3/h14-23,30-37H,24-29H2,1-13H3. The lowest BCUT2D eigenvalue weighted by atomic mass is 9.43. The Hall–Kier alpha value is -5.78. The monoisotopic (exact) mass is 961 g/mol. The number of anilines is 5. The molecule has 0 unspecified atom stereocenters. The van der Waals surface area contributed by atoms with Gasteiger partial charge in [-0.25, -0.2) is 0 Å². The lowest BCUT2D eigenvalue weighted by Crippen LogP contribution is -2.61. The lowest BCUT2D eigenvalue weighted by molar-refractivity contribution is 0.332.